The van der Waals surface area contributed by atoms with Crippen LogP contribution in [0, 0.1) is 22.7 Å². The molecule has 0 aromatic heterocycles. The van der Waals surface area contributed by atoms with E-state index in [1.165, 1.54) is 20.8 Å². The number of carbonyl (C=O) groups excluding carboxylic acids is 3. The van der Waals surface area contributed by atoms with Crippen molar-refractivity contribution in [1.82, 2.24) is 5.32 Å². The van der Waals surface area contributed by atoms with E-state index in [0.717, 1.165) is 13.8 Å². The van der Waals surface area contributed by atoms with Crippen LogP contribution in [0.25, 0.3) is 0 Å². The molecule has 1 aliphatic rings. The van der Waals surface area contributed by atoms with Gasteiger partial charge < -0.3 is 24.6 Å². The molecule has 4 atom stereocenters. The Bertz CT molecular complexity index is 1220. The van der Waals surface area contributed by atoms with Crippen LogP contribution in [0.15, 0.2) is 0 Å². The van der Waals surface area contributed by atoms with Crippen molar-refractivity contribution in [3.8, 4) is 0 Å². The van der Waals surface area contributed by atoms with Crippen LogP contribution in [-0.2, 0) is 28.6 Å². The van der Waals surface area contributed by atoms with E-state index in [1.54, 1.807) is 27.7 Å². The summed E-state index contributed by atoms with van der Waals surface area (Å²) in [4.78, 5) is 41.0. The summed E-state index contributed by atoms with van der Waals surface area (Å²) in [6, 6.07) is 0. The lowest BCUT2D eigenvalue weighted by Crippen LogP contribution is -2.54. The summed E-state index contributed by atoms with van der Waals surface area (Å²) >= 11 is 0. The first-order valence-corrected chi connectivity index (χ1v) is 17.4. The Morgan fingerprint density at radius 3 is 1.77 bits per heavy atom. The monoisotopic (exact) mass is 773 g/mol. The predicted octanol–water partition coefficient (Wildman–Crippen LogP) is 8.77. The molecule has 0 heterocycles. The number of aliphatic hydroxyl groups is 1. The summed E-state index contributed by atoms with van der Waals surface area (Å²) in [6.07, 6.45) is -19.2. The second kappa shape index (κ2) is 16.6. The molecule has 0 amide bonds. The number of alkyl halides is 9. The molecule has 2 N–H and O–H groups in total. The zero-order valence-electron chi connectivity index (χ0n) is 31.7. The molecular formula is C35H56F9NO7. The Kier molecular flexibility index (Phi) is 15.2. The summed E-state index contributed by atoms with van der Waals surface area (Å²) < 4.78 is 141. The Labute approximate surface area is 300 Å². The minimum atomic E-state index is -5.41. The molecule has 1 rings (SSSR count). The molecule has 17 heteroatoms. The van der Waals surface area contributed by atoms with Gasteiger partial charge in [-0.05, 0) is 105 Å². The molecule has 1 aliphatic carbocycles. The van der Waals surface area contributed by atoms with Crippen LogP contribution >= 0.6 is 0 Å². The predicted molar refractivity (Wildman–Crippen MR) is 173 cm³/mol. The van der Waals surface area contributed by atoms with Crippen LogP contribution in [0.3, 0.4) is 0 Å². The fourth-order valence-corrected chi connectivity index (χ4v) is 6.03. The fourth-order valence-electron chi connectivity index (χ4n) is 6.03. The molecular weight excluding hydrogens is 717 g/mol. The Hall–Kier alpha value is -2.30. The normalized spacial score (nSPS) is 20.0. The van der Waals surface area contributed by atoms with Gasteiger partial charge in [0, 0.05) is 5.54 Å². The molecule has 0 bridgehead atoms. The summed E-state index contributed by atoms with van der Waals surface area (Å²) in [7, 11) is 0. The largest absolute Gasteiger partial charge is 0.463 e. The molecule has 0 spiro atoms. The van der Waals surface area contributed by atoms with Gasteiger partial charge in [-0.3, -0.25) is 14.4 Å². The minimum Gasteiger partial charge on any atom is -0.463 e. The standard InChI is InChI=1S/C35H56F9NO7/c1-11-32(35(42,43)44,26(48)52-31(14-12-13-15-31)17-16-30(10,49)34(39,40)41)19-29(9,18-23(4)24(46)51-28(7,8)22(2)3)25(47)50-21-27(5,6)45-20-33(36,37)38/h22-23,45,49H,11-21H2,1-10H3. The summed E-state index contributed by atoms with van der Waals surface area (Å²) in [5.74, 6) is -5.51. The Balaban J connectivity index is 3.66. The molecule has 0 aliphatic heterocycles. The zero-order chi connectivity index (χ0) is 41.0. The van der Waals surface area contributed by atoms with E-state index >= 15 is 13.2 Å². The van der Waals surface area contributed by atoms with Gasteiger partial charge in [0.15, 0.2) is 11.0 Å². The molecule has 0 aromatic carbocycles. The first-order chi connectivity index (χ1) is 23.1. The molecule has 8 nitrogen and oxygen atoms in total. The molecule has 0 radical (unpaired) electrons. The van der Waals surface area contributed by atoms with Gasteiger partial charge in [-0.1, -0.05) is 27.7 Å². The molecule has 0 aromatic rings. The highest BCUT2D eigenvalue weighted by Gasteiger charge is 2.65. The van der Waals surface area contributed by atoms with Crippen molar-refractivity contribution in [3.05, 3.63) is 0 Å². The lowest BCUT2D eigenvalue weighted by molar-refractivity contribution is -0.261. The van der Waals surface area contributed by atoms with Crippen molar-refractivity contribution in [2.24, 2.45) is 22.7 Å². The molecule has 306 valence electrons. The summed E-state index contributed by atoms with van der Waals surface area (Å²) in [5.41, 5.74) is -13.3. The average Bonchev–Trinajstić information content (AvgIpc) is 3.43. The van der Waals surface area contributed by atoms with E-state index in [4.69, 9.17) is 14.2 Å². The molecule has 1 saturated carbocycles. The van der Waals surface area contributed by atoms with E-state index in [-0.39, 0.29) is 18.8 Å². The van der Waals surface area contributed by atoms with Crippen LogP contribution in [0.4, 0.5) is 39.5 Å². The first kappa shape index (κ1) is 47.7. The van der Waals surface area contributed by atoms with Crippen LogP contribution in [0.1, 0.15) is 127 Å². The number of hydrogen-bond acceptors (Lipinski definition) is 8. The highest BCUT2D eigenvalue weighted by Crippen LogP contribution is 2.54. The van der Waals surface area contributed by atoms with Gasteiger partial charge in [-0.25, -0.2) is 0 Å². The van der Waals surface area contributed by atoms with Gasteiger partial charge in [-0.15, -0.1) is 0 Å². The maximum absolute atomic E-state index is 15.3. The SMILES string of the molecule is CCC(CC(C)(CC(C)C(=O)OC(C)(C)C(C)C)C(=O)OCC(C)(C)NCC(F)(F)F)(C(=O)OC1(CCC(C)(O)C(F)(F)F)CCCC1)C(F)(F)F. The van der Waals surface area contributed by atoms with Crippen LogP contribution < -0.4 is 5.32 Å². The van der Waals surface area contributed by atoms with Gasteiger partial charge in [0.2, 0.25) is 0 Å². The average molecular weight is 774 g/mol. The van der Waals surface area contributed by atoms with Crippen molar-refractivity contribution < 1.29 is 73.2 Å². The third-order valence-corrected chi connectivity index (χ3v) is 10.5. The van der Waals surface area contributed by atoms with Gasteiger partial charge in [-0.2, -0.15) is 39.5 Å². The van der Waals surface area contributed by atoms with Gasteiger partial charge in [0.25, 0.3) is 0 Å². The maximum Gasteiger partial charge on any atom is 0.416 e. The first-order valence-electron chi connectivity index (χ1n) is 17.4. The van der Waals surface area contributed by atoms with Crippen molar-refractivity contribution in [1.29, 1.82) is 0 Å². The second-order valence-corrected chi connectivity index (χ2v) is 16.4. The number of rotatable bonds is 18. The molecule has 0 saturated heterocycles. The molecule has 4 unspecified atom stereocenters. The van der Waals surface area contributed by atoms with E-state index in [0.29, 0.717) is 19.8 Å². The van der Waals surface area contributed by atoms with E-state index in [1.807, 2.05) is 0 Å². The smallest absolute Gasteiger partial charge is 0.416 e. The maximum atomic E-state index is 15.3. The van der Waals surface area contributed by atoms with Crippen LogP contribution in [-0.4, -0.2) is 77.0 Å². The Morgan fingerprint density at radius 2 is 1.35 bits per heavy atom. The Morgan fingerprint density at radius 1 is 0.827 bits per heavy atom. The number of nitrogens with one attached hydrogen (secondary N) is 1. The number of esters is 3. The third kappa shape index (κ3) is 12.6. The highest BCUT2D eigenvalue weighted by atomic mass is 19.4. The fraction of sp³-hybridized carbons (Fsp3) is 0.914. The summed E-state index contributed by atoms with van der Waals surface area (Å²) in [6.45, 7) is 10.9. The minimum absolute atomic E-state index is 0.0713. The van der Waals surface area contributed by atoms with E-state index in [9.17, 15) is 45.8 Å². The van der Waals surface area contributed by atoms with Crippen molar-refractivity contribution in [2.45, 2.75) is 168 Å². The summed E-state index contributed by atoms with van der Waals surface area (Å²) in [5, 5.41) is 12.2. The lowest BCUT2D eigenvalue weighted by atomic mass is 9.66. The second-order valence-electron chi connectivity index (χ2n) is 16.4. The number of hydrogen-bond donors (Lipinski definition) is 2. The topological polar surface area (TPSA) is 111 Å². The van der Waals surface area contributed by atoms with Crippen LogP contribution in [0.5, 0.6) is 0 Å². The van der Waals surface area contributed by atoms with Gasteiger partial charge in [0.1, 0.15) is 17.8 Å². The van der Waals surface area contributed by atoms with Crippen molar-refractivity contribution >= 4 is 17.9 Å². The van der Waals surface area contributed by atoms with Crippen LogP contribution in [0.2, 0.25) is 0 Å². The molecule has 52 heavy (non-hydrogen) atoms. The number of carbonyl (C=O) groups is 3. The third-order valence-electron chi connectivity index (χ3n) is 10.5. The quantitative estimate of drug-likeness (QED) is 0.0809. The number of ether oxygens (including phenoxy) is 3. The number of halogens is 9. The van der Waals surface area contributed by atoms with Gasteiger partial charge >= 0.3 is 36.4 Å². The van der Waals surface area contributed by atoms with Crippen molar-refractivity contribution in [3.63, 3.8) is 0 Å². The lowest BCUT2D eigenvalue weighted by Gasteiger charge is -2.43. The van der Waals surface area contributed by atoms with E-state index < -0.39 is 121 Å². The molecule has 1 fully saturated rings. The van der Waals surface area contributed by atoms with Crippen molar-refractivity contribution in [2.75, 3.05) is 13.2 Å². The highest BCUT2D eigenvalue weighted by molar-refractivity contribution is 5.83. The zero-order valence-corrected chi connectivity index (χ0v) is 31.7. The van der Waals surface area contributed by atoms with E-state index in [2.05, 4.69) is 5.32 Å². The van der Waals surface area contributed by atoms with Gasteiger partial charge in [0.05, 0.1) is 17.9 Å².